The van der Waals surface area contributed by atoms with Crippen LogP contribution in [0.5, 0.6) is 0 Å². The highest BCUT2D eigenvalue weighted by atomic mass is 32.2. The summed E-state index contributed by atoms with van der Waals surface area (Å²) >= 11 is 1.30. The summed E-state index contributed by atoms with van der Waals surface area (Å²) in [6.07, 6.45) is 0.830. The van der Waals surface area contributed by atoms with Gasteiger partial charge in [-0.25, -0.2) is 4.98 Å². The third-order valence-corrected chi connectivity index (χ3v) is 6.47. The maximum Gasteiger partial charge on any atom is 0.262 e. The van der Waals surface area contributed by atoms with Crippen molar-refractivity contribution in [2.24, 2.45) is 0 Å². The molecule has 1 N–H and O–H groups in total. The van der Waals surface area contributed by atoms with Crippen molar-refractivity contribution in [3.8, 4) is 0 Å². The molecule has 1 aromatic heterocycles. The molecule has 3 rings (SSSR count). The number of fused-ring (bicyclic) bond motifs is 1. The molecule has 1 heterocycles. The van der Waals surface area contributed by atoms with E-state index >= 15 is 0 Å². The number of rotatable bonds is 9. The van der Waals surface area contributed by atoms with E-state index in [9.17, 15) is 9.59 Å². The molecule has 0 fully saturated rings. The van der Waals surface area contributed by atoms with Gasteiger partial charge in [-0.2, -0.15) is 0 Å². The minimum atomic E-state index is -0.434. The Morgan fingerprint density at radius 1 is 1.12 bits per heavy atom. The molecule has 0 saturated heterocycles. The van der Waals surface area contributed by atoms with Crippen LogP contribution in [0.1, 0.15) is 43.9 Å². The van der Waals surface area contributed by atoms with Crippen molar-refractivity contribution in [2.75, 3.05) is 11.9 Å². The van der Waals surface area contributed by atoms with Crippen LogP contribution in [-0.4, -0.2) is 33.4 Å². The standard InChI is InChI=1S/C26H33N3O3S/c1-16(2)32-13-9-12-29-25(31)21-10-7-8-11-22(21)27-26(29)33-20(6)24(30)28-23-18(4)14-17(3)15-19(23)5/h7-8,10-11,14-16,20H,9,12-13H2,1-6H3,(H,28,30). The van der Waals surface area contributed by atoms with Gasteiger partial charge in [0.2, 0.25) is 5.91 Å². The summed E-state index contributed by atoms with van der Waals surface area (Å²) in [5.74, 6) is -0.118. The lowest BCUT2D eigenvalue weighted by Gasteiger charge is -2.18. The lowest BCUT2D eigenvalue weighted by atomic mass is 10.1. The zero-order valence-electron chi connectivity index (χ0n) is 20.3. The first-order chi connectivity index (χ1) is 15.7. The molecule has 6 nitrogen and oxygen atoms in total. The van der Waals surface area contributed by atoms with Crippen LogP contribution in [0, 0.1) is 20.8 Å². The van der Waals surface area contributed by atoms with E-state index in [1.807, 2.05) is 59.7 Å². The summed E-state index contributed by atoms with van der Waals surface area (Å²) in [6, 6.07) is 11.4. The van der Waals surface area contributed by atoms with Crippen molar-refractivity contribution >= 4 is 34.3 Å². The zero-order valence-corrected chi connectivity index (χ0v) is 21.1. The van der Waals surface area contributed by atoms with Gasteiger partial charge < -0.3 is 10.1 Å². The lowest BCUT2D eigenvalue weighted by molar-refractivity contribution is -0.115. The number of aryl methyl sites for hydroxylation is 3. The molecule has 176 valence electrons. The molecule has 0 spiro atoms. The molecule has 1 unspecified atom stereocenters. The number of nitrogens with one attached hydrogen (secondary N) is 1. The first-order valence-corrected chi connectivity index (χ1v) is 12.2. The fourth-order valence-corrected chi connectivity index (χ4v) is 4.72. The van der Waals surface area contributed by atoms with Crippen LogP contribution in [0.4, 0.5) is 5.69 Å². The highest BCUT2D eigenvalue weighted by Gasteiger charge is 2.20. The first kappa shape index (κ1) is 25.0. The number of hydrogen-bond acceptors (Lipinski definition) is 5. The van der Waals surface area contributed by atoms with Crippen molar-refractivity contribution in [1.29, 1.82) is 0 Å². The smallest absolute Gasteiger partial charge is 0.262 e. The van der Waals surface area contributed by atoms with Crippen LogP contribution in [0.25, 0.3) is 10.9 Å². The monoisotopic (exact) mass is 467 g/mol. The Balaban J connectivity index is 1.85. The van der Waals surface area contributed by atoms with Crippen LogP contribution in [0.15, 0.2) is 46.3 Å². The van der Waals surface area contributed by atoms with Crippen molar-refractivity contribution in [3.05, 3.63) is 63.4 Å². The molecule has 0 aliphatic carbocycles. The highest BCUT2D eigenvalue weighted by molar-refractivity contribution is 8.00. The number of benzene rings is 2. The molecule has 0 aliphatic heterocycles. The molecular weight excluding hydrogens is 434 g/mol. The third-order valence-electron chi connectivity index (χ3n) is 5.38. The second kappa shape index (κ2) is 11.0. The largest absolute Gasteiger partial charge is 0.379 e. The SMILES string of the molecule is Cc1cc(C)c(NC(=O)C(C)Sc2nc3ccccc3c(=O)n2CCCOC(C)C)c(C)c1. The molecule has 0 saturated carbocycles. The molecular formula is C26H33N3O3S. The predicted octanol–water partition coefficient (Wildman–Crippen LogP) is 5.26. The van der Waals surface area contributed by atoms with Crippen LogP contribution >= 0.6 is 11.8 Å². The van der Waals surface area contributed by atoms with Gasteiger partial charge in [0.1, 0.15) is 0 Å². The second-order valence-corrected chi connectivity index (χ2v) is 9.97. The summed E-state index contributed by atoms with van der Waals surface area (Å²) in [6.45, 7) is 12.9. The first-order valence-electron chi connectivity index (χ1n) is 11.3. The average molecular weight is 468 g/mol. The number of amides is 1. The van der Waals surface area contributed by atoms with Crippen molar-refractivity contribution in [1.82, 2.24) is 9.55 Å². The van der Waals surface area contributed by atoms with Crippen LogP contribution in [0.2, 0.25) is 0 Å². The fraction of sp³-hybridized carbons (Fsp3) is 0.423. The Bertz CT molecular complexity index is 1180. The molecule has 2 aromatic carbocycles. The van der Waals surface area contributed by atoms with Crippen LogP contribution in [-0.2, 0) is 16.1 Å². The summed E-state index contributed by atoms with van der Waals surface area (Å²) in [5, 5.41) is 3.76. The number of hydrogen-bond donors (Lipinski definition) is 1. The van der Waals surface area contributed by atoms with E-state index < -0.39 is 5.25 Å². The van der Waals surface area contributed by atoms with Gasteiger partial charge in [0.15, 0.2) is 5.16 Å². The van der Waals surface area contributed by atoms with Gasteiger partial charge in [-0.05, 0) is 71.2 Å². The number of anilines is 1. The van der Waals surface area contributed by atoms with E-state index in [1.165, 1.54) is 11.8 Å². The minimum absolute atomic E-state index is 0.0921. The summed E-state index contributed by atoms with van der Waals surface area (Å²) in [7, 11) is 0. The van der Waals surface area contributed by atoms with Crippen molar-refractivity contribution in [3.63, 3.8) is 0 Å². The quantitative estimate of drug-likeness (QED) is 0.264. The number of aromatic nitrogens is 2. The molecule has 0 bridgehead atoms. The topological polar surface area (TPSA) is 73.2 Å². The predicted molar refractivity (Wildman–Crippen MR) is 136 cm³/mol. The fourth-order valence-electron chi connectivity index (χ4n) is 3.79. The van der Waals surface area contributed by atoms with Crippen LogP contribution in [0.3, 0.4) is 0 Å². The molecule has 0 radical (unpaired) electrons. The summed E-state index contributed by atoms with van der Waals surface area (Å²) < 4.78 is 7.31. The van der Waals surface area contributed by atoms with E-state index in [0.717, 1.165) is 22.4 Å². The molecule has 33 heavy (non-hydrogen) atoms. The third kappa shape index (κ3) is 6.24. The number of para-hydroxylation sites is 1. The van der Waals surface area contributed by atoms with Crippen molar-refractivity contribution in [2.45, 2.75) is 71.0 Å². The maximum atomic E-state index is 13.2. The van der Waals surface area contributed by atoms with E-state index in [2.05, 4.69) is 17.4 Å². The Hall–Kier alpha value is -2.64. The van der Waals surface area contributed by atoms with Gasteiger partial charge in [0, 0.05) is 18.8 Å². The Morgan fingerprint density at radius 2 is 1.79 bits per heavy atom. The van der Waals surface area contributed by atoms with E-state index in [4.69, 9.17) is 9.72 Å². The van der Waals surface area contributed by atoms with Gasteiger partial charge in [-0.15, -0.1) is 0 Å². The normalized spacial score (nSPS) is 12.3. The summed E-state index contributed by atoms with van der Waals surface area (Å²) in [4.78, 5) is 31.0. The number of nitrogens with zero attached hydrogens (tertiary/aromatic N) is 2. The second-order valence-electron chi connectivity index (χ2n) is 8.66. The lowest BCUT2D eigenvalue weighted by Crippen LogP contribution is -2.28. The van der Waals surface area contributed by atoms with Gasteiger partial charge in [-0.3, -0.25) is 14.2 Å². The summed E-state index contributed by atoms with van der Waals surface area (Å²) in [5.41, 5.74) is 4.61. The van der Waals surface area contributed by atoms with Crippen molar-refractivity contribution < 1.29 is 9.53 Å². The Morgan fingerprint density at radius 3 is 2.45 bits per heavy atom. The number of ether oxygens (including phenoxy) is 1. The molecule has 1 atom stereocenters. The average Bonchev–Trinajstić information content (AvgIpc) is 2.75. The maximum absolute atomic E-state index is 13.2. The number of carbonyl (C=O) groups excluding carboxylic acids is 1. The van der Waals surface area contributed by atoms with Gasteiger partial charge >= 0.3 is 0 Å². The molecule has 1 amide bonds. The van der Waals surface area contributed by atoms with E-state index in [0.29, 0.717) is 35.6 Å². The van der Waals surface area contributed by atoms with Crippen LogP contribution < -0.4 is 10.9 Å². The number of carbonyl (C=O) groups is 1. The van der Waals surface area contributed by atoms with Gasteiger partial charge in [0.25, 0.3) is 5.56 Å². The number of thioether (sulfide) groups is 1. The van der Waals surface area contributed by atoms with Gasteiger partial charge in [0.05, 0.1) is 22.3 Å². The Labute approximate surface area is 199 Å². The minimum Gasteiger partial charge on any atom is -0.379 e. The van der Waals surface area contributed by atoms with Gasteiger partial charge in [-0.1, -0.05) is 41.6 Å². The highest BCUT2D eigenvalue weighted by Crippen LogP contribution is 2.26. The molecule has 0 aliphatic rings. The Kier molecular flexibility index (Phi) is 8.32. The molecule has 7 heteroatoms. The van der Waals surface area contributed by atoms with E-state index in [1.54, 1.807) is 10.6 Å². The zero-order chi connectivity index (χ0) is 24.1. The van der Waals surface area contributed by atoms with E-state index in [-0.39, 0.29) is 17.6 Å². The molecule has 3 aromatic rings.